The number of halogens is 4. The molecule has 0 spiro atoms. The molecule has 0 radical (unpaired) electrons. The number of hydrogen-bond acceptors (Lipinski definition) is 2. The summed E-state index contributed by atoms with van der Waals surface area (Å²) in [6.07, 6.45) is 0. The molecule has 1 aromatic heterocycles. The third kappa shape index (κ3) is 2.84. The van der Waals surface area contributed by atoms with Gasteiger partial charge in [-0.25, -0.2) is 9.37 Å². The second-order valence-corrected chi connectivity index (χ2v) is 4.03. The summed E-state index contributed by atoms with van der Waals surface area (Å²) < 4.78 is 25.8. The molecule has 0 fully saturated rings. The second kappa shape index (κ2) is 4.85. The topological polar surface area (TPSA) is 24.9 Å². The van der Waals surface area contributed by atoms with Crippen LogP contribution in [0.2, 0.25) is 10.0 Å². The molecule has 88 valence electrons. The van der Waals surface area contributed by atoms with E-state index in [2.05, 4.69) is 10.3 Å². The van der Waals surface area contributed by atoms with E-state index in [1.54, 1.807) is 6.07 Å². The van der Waals surface area contributed by atoms with Crippen molar-refractivity contribution in [2.24, 2.45) is 0 Å². The molecule has 0 unspecified atom stereocenters. The van der Waals surface area contributed by atoms with Gasteiger partial charge >= 0.3 is 0 Å². The van der Waals surface area contributed by atoms with Gasteiger partial charge < -0.3 is 5.32 Å². The number of aromatic nitrogens is 1. The molecule has 0 aliphatic rings. The van der Waals surface area contributed by atoms with E-state index in [0.717, 1.165) is 12.1 Å². The van der Waals surface area contributed by atoms with Gasteiger partial charge in [0.1, 0.15) is 11.6 Å². The summed E-state index contributed by atoms with van der Waals surface area (Å²) in [6.45, 7) is 0. The predicted molar refractivity (Wildman–Crippen MR) is 63.9 cm³/mol. The van der Waals surface area contributed by atoms with Crippen molar-refractivity contribution in [1.82, 2.24) is 4.98 Å². The first-order chi connectivity index (χ1) is 8.06. The van der Waals surface area contributed by atoms with E-state index >= 15 is 0 Å². The molecule has 0 amide bonds. The Morgan fingerprint density at radius 1 is 1.06 bits per heavy atom. The SMILES string of the molecule is Fc1cc(Cl)c(Nc2cccc(F)n2)c(Cl)c1. The third-order valence-corrected chi connectivity index (χ3v) is 2.57. The van der Waals surface area contributed by atoms with Crippen molar-refractivity contribution in [3.63, 3.8) is 0 Å². The molecule has 0 bridgehead atoms. The summed E-state index contributed by atoms with van der Waals surface area (Å²) in [4.78, 5) is 3.58. The van der Waals surface area contributed by atoms with Crippen LogP contribution in [0.5, 0.6) is 0 Å². The first-order valence-corrected chi connectivity index (χ1v) is 5.36. The number of pyridine rings is 1. The minimum absolute atomic E-state index is 0.0982. The molecule has 0 saturated heterocycles. The van der Waals surface area contributed by atoms with Crippen molar-refractivity contribution >= 4 is 34.7 Å². The van der Waals surface area contributed by atoms with Gasteiger partial charge in [-0.2, -0.15) is 4.39 Å². The monoisotopic (exact) mass is 274 g/mol. The summed E-state index contributed by atoms with van der Waals surface area (Å²) in [5.41, 5.74) is 0.285. The van der Waals surface area contributed by atoms with E-state index in [1.165, 1.54) is 12.1 Å². The van der Waals surface area contributed by atoms with Crippen molar-refractivity contribution in [2.75, 3.05) is 5.32 Å². The van der Waals surface area contributed by atoms with E-state index in [9.17, 15) is 8.78 Å². The van der Waals surface area contributed by atoms with Crippen LogP contribution in [-0.2, 0) is 0 Å². The highest BCUT2D eigenvalue weighted by molar-refractivity contribution is 6.39. The fourth-order valence-corrected chi connectivity index (χ4v) is 1.82. The van der Waals surface area contributed by atoms with Crippen LogP contribution in [0.4, 0.5) is 20.3 Å². The quantitative estimate of drug-likeness (QED) is 0.821. The average molecular weight is 275 g/mol. The number of nitrogens with one attached hydrogen (secondary N) is 1. The first-order valence-electron chi connectivity index (χ1n) is 4.60. The molecule has 2 nitrogen and oxygen atoms in total. The lowest BCUT2D eigenvalue weighted by Crippen LogP contribution is -1.97. The zero-order valence-corrected chi connectivity index (χ0v) is 9.86. The van der Waals surface area contributed by atoms with E-state index in [0.29, 0.717) is 0 Å². The molecule has 0 aliphatic carbocycles. The molecule has 1 heterocycles. The summed E-state index contributed by atoms with van der Waals surface area (Å²) in [5.74, 6) is -0.942. The maximum atomic E-state index is 12.9. The lowest BCUT2D eigenvalue weighted by molar-refractivity contribution is 0.585. The fraction of sp³-hybridized carbons (Fsp3) is 0. The minimum Gasteiger partial charge on any atom is -0.338 e. The highest BCUT2D eigenvalue weighted by atomic mass is 35.5. The summed E-state index contributed by atoms with van der Waals surface area (Å²) >= 11 is 11.6. The van der Waals surface area contributed by atoms with Gasteiger partial charge in [-0.1, -0.05) is 29.3 Å². The fourth-order valence-electron chi connectivity index (χ4n) is 1.27. The normalized spacial score (nSPS) is 10.4. The van der Waals surface area contributed by atoms with Crippen LogP contribution in [0.25, 0.3) is 0 Å². The van der Waals surface area contributed by atoms with Crippen LogP contribution < -0.4 is 5.32 Å². The summed E-state index contributed by atoms with van der Waals surface area (Å²) in [6, 6.07) is 6.44. The minimum atomic E-state index is -0.635. The van der Waals surface area contributed by atoms with E-state index in [4.69, 9.17) is 23.2 Å². The second-order valence-electron chi connectivity index (χ2n) is 3.21. The van der Waals surface area contributed by atoms with E-state index in [1.807, 2.05) is 0 Å². The Bertz CT molecular complexity index is 538. The van der Waals surface area contributed by atoms with E-state index in [-0.39, 0.29) is 21.6 Å². The van der Waals surface area contributed by atoms with Gasteiger partial charge in [0, 0.05) is 0 Å². The zero-order valence-electron chi connectivity index (χ0n) is 8.35. The zero-order chi connectivity index (χ0) is 12.4. The van der Waals surface area contributed by atoms with Crippen molar-refractivity contribution in [3.8, 4) is 0 Å². The lowest BCUT2D eigenvalue weighted by atomic mass is 10.3. The Morgan fingerprint density at radius 3 is 2.29 bits per heavy atom. The Balaban J connectivity index is 2.36. The van der Waals surface area contributed by atoms with E-state index < -0.39 is 11.8 Å². The van der Waals surface area contributed by atoms with Gasteiger partial charge in [-0.05, 0) is 24.3 Å². The van der Waals surface area contributed by atoms with Crippen molar-refractivity contribution in [3.05, 3.63) is 52.1 Å². The molecule has 2 aromatic rings. The first kappa shape index (κ1) is 12.1. The van der Waals surface area contributed by atoms with Gasteiger partial charge in [-0.15, -0.1) is 0 Å². The molecule has 1 N–H and O–H groups in total. The van der Waals surface area contributed by atoms with Crippen LogP contribution in [0.1, 0.15) is 0 Å². The third-order valence-electron chi connectivity index (χ3n) is 1.98. The number of rotatable bonds is 2. The van der Waals surface area contributed by atoms with Gasteiger partial charge in [-0.3, -0.25) is 0 Å². The molecule has 17 heavy (non-hydrogen) atoms. The van der Waals surface area contributed by atoms with Crippen molar-refractivity contribution in [2.45, 2.75) is 0 Å². The molecular weight excluding hydrogens is 269 g/mol. The summed E-state index contributed by atoms with van der Waals surface area (Å²) in [7, 11) is 0. The number of anilines is 2. The van der Waals surface area contributed by atoms with Gasteiger partial charge in [0.05, 0.1) is 15.7 Å². The Labute approximate surface area is 106 Å². The lowest BCUT2D eigenvalue weighted by Gasteiger charge is -2.09. The molecule has 2 rings (SSSR count). The smallest absolute Gasteiger partial charge is 0.214 e. The van der Waals surface area contributed by atoms with Crippen LogP contribution in [0.15, 0.2) is 30.3 Å². The Morgan fingerprint density at radius 2 is 1.71 bits per heavy atom. The molecular formula is C11H6Cl2F2N2. The molecule has 1 aromatic carbocycles. The number of nitrogens with zero attached hydrogens (tertiary/aromatic N) is 1. The molecule has 0 atom stereocenters. The highest BCUT2D eigenvalue weighted by Gasteiger charge is 2.09. The predicted octanol–water partition coefficient (Wildman–Crippen LogP) is 4.41. The van der Waals surface area contributed by atoms with Crippen LogP contribution in [0.3, 0.4) is 0 Å². The maximum absolute atomic E-state index is 12.9. The Kier molecular flexibility index (Phi) is 3.45. The van der Waals surface area contributed by atoms with Crippen LogP contribution in [-0.4, -0.2) is 4.98 Å². The number of benzene rings is 1. The van der Waals surface area contributed by atoms with Crippen LogP contribution >= 0.6 is 23.2 Å². The maximum Gasteiger partial charge on any atom is 0.214 e. The number of hydrogen-bond donors (Lipinski definition) is 1. The van der Waals surface area contributed by atoms with Gasteiger partial charge in [0.15, 0.2) is 0 Å². The molecule has 6 heteroatoms. The van der Waals surface area contributed by atoms with Crippen molar-refractivity contribution < 1.29 is 8.78 Å². The van der Waals surface area contributed by atoms with Crippen LogP contribution in [0, 0.1) is 11.8 Å². The standard InChI is InChI=1S/C11H6Cl2F2N2/c12-7-4-6(14)5-8(13)11(7)17-10-3-1-2-9(15)16-10/h1-5H,(H,16,17). The van der Waals surface area contributed by atoms with Gasteiger partial charge in [0.25, 0.3) is 0 Å². The highest BCUT2D eigenvalue weighted by Crippen LogP contribution is 2.33. The molecule has 0 aliphatic heterocycles. The van der Waals surface area contributed by atoms with Crippen molar-refractivity contribution in [1.29, 1.82) is 0 Å². The molecule has 0 saturated carbocycles. The largest absolute Gasteiger partial charge is 0.338 e. The average Bonchev–Trinajstić information content (AvgIpc) is 2.23. The summed E-state index contributed by atoms with van der Waals surface area (Å²) in [5, 5.41) is 2.92. The van der Waals surface area contributed by atoms with Gasteiger partial charge in [0.2, 0.25) is 5.95 Å². The Hall–Kier alpha value is -1.39.